The molecule has 2 atom stereocenters. The van der Waals surface area contributed by atoms with Gasteiger partial charge in [-0.1, -0.05) is 0 Å². The third-order valence-electron chi connectivity index (χ3n) is 4.73. The summed E-state index contributed by atoms with van der Waals surface area (Å²) in [5, 5.41) is 7.02. The highest BCUT2D eigenvalue weighted by Gasteiger charge is 2.24. The molecule has 1 amide bonds. The van der Waals surface area contributed by atoms with Gasteiger partial charge < -0.3 is 19.4 Å². The van der Waals surface area contributed by atoms with Gasteiger partial charge in [0.15, 0.2) is 5.69 Å². The number of anilines is 2. The molecule has 4 heterocycles. The molecule has 0 aliphatic carbocycles. The van der Waals surface area contributed by atoms with Crippen LogP contribution in [0.1, 0.15) is 30.0 Å². The van der Waals surface area contributed by atoms with Crippen molar-refractivity contribution in [3.05, 3.63) is 42.2 Å². The molecule has 1 aliphatic heterocycles. The van der Waals surface area contributed by atoms with Gasteiger partial charge in [0.2, 0.25) is 5.89 Å². The van der Waals surface area contributed by atoms with Crippen LogP contribution in [0.25, 0.3) is 11.5 Å². The van der Waals surface area contributed by atoms with Crippen LogP contribution in [0.4, 0.5) is 11.5 Å². The molecule has 0 spiro atoms. The molecule has 9 heteroatoms. The maximum Gasteiger partial charge on any atom is 0.277 e. The SMILES string of the molecule is Cc1nn(C)cc1NC(=O)c1coc(-c2ccnc(N3CC(C)OC(C)C3)c2)n1. The first kappa shape index (κ1) is 19.1. The van der Waals surface area contributed by atoms with Gasteiger partial charge in [0.1, 0.15) is 12.1 Å². The number of carbonyl (C=O) groups excluding carboxylic acids is 1. The molecule has 0 radical (unpaired) electrons. The van der Waals surface area contributed by atoms with Crippen molar-refractivity contribution in [2.75, 3.05) is 23.3 Å². The van der Waals surface area contributed by atoms with Crippen molar-refractivity contribution >= 4 is 17.4 Å². The van der Waals surface area contributed by atoms with E-state index in [1.54, 1.807) is 24.1 Å². The Balaban J connectivity index is 1.52. The summed E-state index contributed by atoms with van der Waals surface area (Å²) in [5.41, 5.74) is 2.34. The van der Waals surface area contributed by atoms with E-state index in [1.807, 2.05) is 19.1 Å². The Kier molecular flexibility index (Phi) is 5.06. The molecule has 152 valence electrons. The van der Waals surface area contributed by atoms with Gasteiger partial charge in [0.05, 0.1) is 23.6 Å². The molecule has 1 fully saturated rings. The Morgan fingerprint density at radius 1 is 1.28 bits per heavy atom. The Bertz CT molecular complexity index is 1020. The van der Waals surface area contributed by atoms with E-state index in [0.717, 1.165) is 30.2 Å². The van der Waals surface area contributed by atoms with E-state index >= 15 is 0 Å². The number of rotatable bonds is 4. The number of pyridine rings is 1. The summed E-state index contributed by atoms with van der Waals surface area (Å²) in [6.07, 6.45) is 5.09. The van der Waals surface area contributed by atoms with Crippen LogP contribution in [0.2, 0.25) is 0 Å². The van der Waals surface area contributed by atoms with Gasteiger partial charge in [-0.3, -0.25) is 9.48 Å². The molecule has 1 N–H and O–H groups in total. The van der Waals surface area contributed by atoms with Crippen LogP contribution in [0.15, 0.2) is 35.2 Å². The molecule has 1 saturated heterocycles. The van der Waals surface area contributed by atoms with E-state index in [-0.39, 0.29) is 23.8 Å². The molecule has 3 aromatic rings. The van der Waals surface area contributed by atoms with Crippen molar-refractivity contribution in [2.24, 2.45) is 7.05 Å². The molecule has 0 bridgehead atoms. The highest BCUT2D eigenvalue weighted by molar-refractivity contribution is 6.03. The van der Waals surface area contributed by atoms with Crippen LogP contribution in [-0.2, 0) is 11.8 Å². The molecule has 9 nitrogen and oxygen atoms in total. The van der Waals surface area contributed by atoms with E-state index in [1.165, 1.54) is 6.26 Å². The fraction of sp³-hybridized carbons (Fsp3) is 0.400. The lowest BCUT2D eigenvalue weighted by atomic mass is 10.2. The number of amides is 1. The number of aryl methyl sites for hydroxylation is 2. The molecular formula is C20H24N6O3. The first-order chi connectivity index (χ1) is 13.9. The largest absolute Gasteiger partial charge is 0.444 e. The van der Waals surface area contributed by atoms with Crippen molar-refractivity contribution < 1.29 is 13.9 Å². The normalized spacial score (nSPS) is 19.4. The average Bonchev–Trinajstić information content (AvgIpc) is 3.28. The maximum atomic E-state index is 12.5. The minimum atomic E-state index is -0.346. The Morgan fingerprint density at radius 3 is 2.72 bits per heavy atom. The lowest BCUT2D eigenvalue weighted by molar-refractivity contribution is -0.00545. The second-order valence-corrected chi connectivity index (χ2v) is 7.36. The predicted octanol–water partition coefficient (Wildman–Crippen LogP) is 2.64. The van der Waals surface area contributed by atoms with Gasteiger partial charge in [0.25, 0.3) is 5.91 Å². The lowest BCUT2D eigenvalue weighted by Crippen LogP contribution is -2.45. The second-order valence-electron chi connectivity index (χ2n) is 7.36. The number of hydrogen-bond acceptors (Lipinski definition) is 7. The number of oxazole rings is 1. The topological polar surface area (TPSA) is 98.3 Å². The smallest absolute Gasteiger partial charge is 0.277 e. The summed E-state index contributed by atoms with van der Waals surface area (Å²) in [7, 11) is 1.80. The van der Waals surface area contributed by atoms with Crippen LogP contribution >= 0.6 is 0 Å². The number of morpholine rings is 1. The van der Waals surface area contributed by atoms with E-state index < -0.39 is 0 Å². The number of carbonyl (C=O) groups is 1. The van der Waals surface area contributed by atoms with E-state index in [0.29, 0.717) is 11.6 Å². The molecule has 29 heavy (non-hydrogen) atoms. The molecule has 4 rings (SSSR count). The summed E-state index contributed by atoms with van der Waals surface area (Å²) in [4.78, 5) is 23.5. The third kappa shape index (κ3) is 4.14. The van der Waals surface area contributed by atoms with E-state index in [9.17, 15) is 4.79 Å². The molecule has 0 saturated carbocycles. The van der Waals surface area contributed by atoms with Crippen LogP contribution in [-0.4, -0.2) is 51.0 Å². The fourth-order valence-corrected chi connectivity index (χ4v) is 3.51. The molecule has 0 aromatic carbocycles. The Morgan fingerprint density at radius 2 is 2.03 bits per heavy atom. The van der Waals surface area contributed by atoms with Gasteiger partial charge >= 0.3 is 0 Å². The van der Waals surface area contributed by atoms with Crippen molar-refractivity contribution in [1.29, 1.82) is 0 Å². The molecular weight excluding hydrogens is 372 g/mol. The van der Waals surface area contributed by atoms with Crippen molar-refractivity contribution in [3.8, 4) is 11.5 Å². The molecule has 3 aromatic heterocycles. The third-order valence-corrected chi connectivity index (χ3v) is 4.73. The summed E-state index contributed by atoms with van der Waals surface area (Å²) in [5.74, 6) is 0.858. The van der Waals surface area contributed by atoms with Gasteiger partial charge in [-0.05, 0) is 32.9 Å². The summed E-state index contributed by atoms with van der Waals surface area (Å²) < 4.78 is 13.0. The number of ether oxygens (including phenoxy) is 1. The monoisotopic (exact) mass is 396 g/mol. The van der Waals surface area contributed by atoms with Crippen LogP contribution in [0.3, 0.4) is 0 Å². The fourth-order valence-electron chi connectivity index (χ4n) is 3.51. The van der Waals surface area contributed by atoms with Crippen LogP contribution < -0.4 is 10.2 Å². The van der Waals surface area contributed by atoms with Crippen molar-refractivity contribution in [2.45, 2.75) is 33.0 Å². The first-order valence-electron chi connectivity index (χ1n) is 9.53. The number of aromatic nitrogens is 4. The molecule has 2 unspecified atom stereocenters. The van der Waals surface area contributed by atoms with Gasteiger partial charge in [-0.25, -0.2) is 9.97 Å². The van der Waals surface area contributed by atoms with Gasteiger partial charge in [-0.15, -0.1) is 0 Å². The summed E-state index contributed by atoms with van der Waals surface area (Å²) in [6.45, 7) is 7.47. The van der Waals surface area contributed by atoms with Crippen molar-refractivity contribution in [1.82, 2.24) is 19.7 Å². The average molecular weight is 396 g/mol. The number of hydrogen-bond donors (Lipinski definition) is 1. The Hall–Kier alpha value is -3.20. The zero-order valence-electron chi connectivity index (χ0n) is 16.9. The highest BCUT2D eigenvalue weighted by atomic mass is 16.5. The van der Waals surface area contributed by atoms with Gasteiger partial charge in [-0.2, -0.15) is 5.10 Å². The predicted molar refractivity (Wildman–Crippen MR) is 108 cm³/mol. The lowest BCUT2D eigenvalue weighted by Gasteiger charge is -2.36. The number of nitrogens with one attached hydrogen (secondary N) is 1. The van der Waals surface area contributed by atoms with Crippen LogP contribution in [0.5, 0.6) is 0 Å². The van der Waals surface area contributed by atoms with Crippen molar-refractivity contribution in [3.63, 3.8) is 0 Å². The van der Waals surface area contributed by atoms with Crippen LogP contribution in [0, 0.1) is 6.92 Å². The standard InChI is InChI=1S/C20H24N6O3/c1-12-8-26(9-13(2)29-12)18-7-15(5-6-21-18)20-23-17(11-28-20)19(27)22-16-10-25(4)24-14(16)3/h5-7,10-13H,8-9H2,1-4H3,(H,22,27). The minimum absolute atomic E-state index is 0.136. The second kappa shape index (κ2) is 7.67. The summed E-state index contributed by atoms with van der Waals surface area (Å²) >= 11 is 0. The zero-order valence-corrected chi connectivity index (χ0v) is 16.9. The first-order valence-corrected chi connectivity index (χ1v) is 9.53. The highest BCUT2D eigenvalue weighted by Crippen LogP contribution is 2.25. The van der Waals surface area contributed by atoms with E-state index in [4.69, 9.17) is 9.15 Å². The number of nitrogens with zero attached hydrogens (tertiary/aromatic N) is 5. The summed E-state index contributed by atoms with van der Waals surface area (Å²) in [6, 6.07) is 3.74. The minimum Gasteiger partial charge on any atom is -0.444 e. The Labute approximate surface area is 168 Å². The van der Waals surface area contributed by atoms with Gasteiger partial charge in [0, 0.05) is 38.1 Å². The maximum absolute atomic E-state index is 12.5. The quantitative estimate of drug-likeness (QED) is 0.724. The van der Waals surface area contributed by atoms with E-state index in [2.05, 4.69) is 39.1 Å². The zero-order chi connectivity index (χ0) is 20.5. The molecule has 1 aliphatic rings.